The van der Waals surface area contributed by atoms with Gasteiger partial charge in [-0.2, -0.15) is 0 Å². The van der Waals surface area contributed by atoms with E-state index < -0.39 is 35.9 Å². The molecule has 0 aliphatic heterocycles. The largest absolute Gasteiger partial charge is 0.507 e. The lowest BCUT2D eigenvalue weighted by molar-refractivity contribution is -0.119. The highest BCUT2D eigenvalue weighted by atomic mass is 19.2. The molecular weight excluding hydrogens is 360 g/mol. The Balaban J connectivity index is 1.70. The first kappa shape index (κ1) is 18.1. The van der Waals surface area contributed by atoms with Crippen molar-refractivity contribution in [3.63, 3.8) is 0 Å². The number of phenols is 2. The zero-order chi connectivity index (χ0) is 19.6. The van der Waals surface area contributed by atoms with Crippen molar-refractivity contribution in [2.24, 2.45) is 0 Å². The predicted octanol–water partition coefficient (Wildman–Crippen LogP) is 3.32. The second kappa shape index (κ2) is 7.28. The van der Waals surface area contributed by atoms with E-state index in [9.17, 15) is 28.6 Å². The lowest BCUT2D eigenvalue weighted by Crippen LogP contribution is -2.21. The van der Waals surface area contributed by atoms with Gasteiger partial charge < -0.3 is 20.3 Å². The first-order chi connectivity index (χ1) is 12.9. The van der Waals surface area contributed by atoms with E-state index in [2.05, 4.69) is 5.32 Å². The molecule has 3 aromatic rings. The number of ether oxygens (including phenoxy) is 1. The van der Waals surface area contributed by atoms with Crippen molar-refractivity contribution < 1.29 is 33.3 Å². The minimum absolute atomic E-state index is 0.0128. The molecule has 3 rings (SSSR count). The van der Waals surface area contributed by atoms with E-state index in [0.717, 1.165) is 24.3 Å². The van der Waals surface area contributed by atoms with Crippen LogP contribution in [-0.4, -0.2) is 28.7 Å². The van der Waals surface area contributed by atoms with E-state index in [1.54, 1.807) is 18.2 Å². The van der Waals surface area contributed by atoms with Gasteiger partial charge in [-0.05, 0) is 18.2 Å². The molecule has 0 unspecified atom stereocenters. The number of hydrogen-bond donors (Lipinski definition) is 3. The van der Waals surface area contributed by atoms with Crippen LogP contribution in [0.1, 0.15) is 10.4 Å². The third-order valence-electron chi connectivity index (χ3n) is 3.75. The summed E-state index contributed by atoms with van der Waals surface area (Å²) in [5.74, 6) is -4.66. The summed E-state index contributed by atoms with van der Waals surface area (Å²) < 4.78 is 30.8. The van der Waals surface area contributed by atoms with Crippen molar-refractivity contribution in [2.75, 3.05) is 11.9 Å². The summed E-state index contributed by atoms with van der Waals surface area (Å²) in [5, 5.41) is 23.0. The molecular formula is C19H13F2NO5. The zero-order valence-electron chi connectivity index (χ0n) is 13.7. The van der Waals surface area contributed by atoms with Crippen molar-refractivity contribution in [3.05, 3.63) is 65.7 Å². The molecule has 8 heteroatoms. The molecule has 0 heterocycles. The molecule has 138 valence electrons. The number of nitrogens with one attached hydrogen (secondary N) is 1. The molecule has 3 aromatic carbocycles. The summed E-state index contributed by atoms with van der Waals surface area (Å²) in [4.78, 5) is 23.9. The molecule has 0 atom stereocenters. The predicted molar refractivity (Wildman–Crippen MR) is 92.5 cm³/mol. The van der Waals surface area contributed by atoms with Crippen LogP contribution in [0.4, 0.5) is 14.5 Å². The van der Waals surface area contributed by atoms with Gasteiger partial charge in [0.2, 0.25) is 0 Å². The molecule has 3 N–H and O–H groups in total. The Bertz CT molecular complexity index is 1050. The van der Waals surface area contributed by atoms with Crippen LogP contribution in [0, 0.1) is 11.6 Å². The summed E-state index contributed by atoms with van der Waals surface area (Å²) in [5.41, 5.74) is -0.326. The number of halogens is 2. The highest BCUT2D eigenvalue weighted by molar-refractivity contribution is 6.04. The second-order valence-electron chi connectivity index (χ2n) is 5.59. The smallest absolute Gasteiger partial charge is 0.342 e. The van der Waals surface area contributed by atoms with Gasteiger partial charge in [-0.3, -0.25) is 4.79 Å². The Morgan fingerprint density at radius 2 is 1.67 bits per heavy atom. The quantitative estimate of drug-likeness (QED) is 0.482. The van der Waals surface area contributed by atoms with Gasteiger partial charge in [-0.15, -0.1) is 0 Å². The molecule has 0 bridgehead atoms. The van der Waals surface area contributed by atoms with Crippen molar-refractivity contribution in [1.82, 2.24) is 0 Å². The van der Waals surface area contributed by atoms with Crippen molar-refractivity contribution in [2.45, 2.75) is 0 Å². The molecule has 6 nitrogen and oxygen atoms in total. The normalized spacial score (nSPS) is 10.6. The summed E-state index contributed by atoms with van der Waals surface area (Å²) in [6, 6.07) is 10.1. The fourth-order valence-electron chi connectivity index (χ4n) is 2.48. The highest BCUT2D eigenvalue weighted by Crippen LogP contribution is 2.35. The summed E-state index contributed by atoms with van der Waals surface area (Å²) in [6.07, 6.45) is 0. The average Bonchev–Trinajstić information content (AvgIpc) is 2.66. The third-order valence-corrected chi connectivity index (χ3v) is 3.75. The van der Waals surface area contributed by atoms with Gasteiger partial charge in [-0.1, -0.05) is 24.3 Å². The number of phenolic OH excluding ortho intramolecular Hbond substituents is 2. The molecule has 0 saturated carbocycles. The fourth-order valence-corrected chi connectivity index (χ4v) is 2.48. The number of amides is 1. The molecule has 0 spiro atoms. The Labute approximate surface area is 151 Å². The molecule has 0 aromatic heterocycles. The number of aromatic hydroxyl groups is 2. The Morgan fingerprint density at radius 3 is 2.37 bits per heavy atom. The first-order valence-electron chi connectivity index (χ1n) is 7.72. The Hall–Kier alpha value is -3.68. The Morgan fingerprint density at radius 1 is 0.963 bits per heavy atom. The van der Waals surface area contributed by atoms with Gasteiger partial charge in [0, 0.05) is 22.5 Å². The minimum Gasteiger partial charge on any atom is -0.507 e. The summed E-state index contributed by atoms with van der Waals surface area (Å²) in [6.45, 7) is -0.731. The van der Waals surface area contributed by atoms with Crippen molar-refractivity contribution in [1.29, 1.82) is 0 Å². The number of fused-ring (bicyclic) bond motifs is 1. The van der Waals surface area contributed by atoms with E-state index in [-0.39, 0.29) is 22.4 Å². The maximum atomic E-state index is 13.1. The van der Waals surface area contributed by atoms with Gasteiger partial charge >= 0.3 is 5.97 Å². The van der Waals surface area contributed by atoms with Gasteiger partial charge in [0.25, 0.3) is 5.91 Å². The van der Waals surface area contributed by atoms with E-state index in [0.29, 0.717) is 5.39 Å². The number of benzene rings is 3. The summed E-state index contributed by atoms with van der Waals surface area (Å²) >= 11 is 0. The summed E-state index contributed by atoms with van der Waals surface area (Å²) in [7, 11) is 0. The van der Waals surface area contributed by atoms with Crippen LogP contribution in [0.15, 0.2) is 48.5 Å². The van der Waals surface area contributed by atoms with Crippen LogP contribution < -0.4 is 5.32 Å². The Kier molecular flexibility index (Phi) is 4.89. The lowest BCUT2D eigenvalue weighted by Gasteiger charge is -2.10. The molecule has 0 radical (unpaired) electrons. The first-order valence-corrected chi connectivity index (χ1v) is 7.72. The van der Waals surface area contributed by atoms with E-state index in [4.69, 9.17) is 4.74 Å². The zero-order valence-corrected chi connectivity index (χ0v) is 13.7. The second-order valence-corrected chi connectivity index (χ2v) is 5.59. The van der Waals surface area contributed by atoms with Crippen LogP contribution in [0.3, 0.4) is 0 Å². The number of rotatable bonds is 4. The maximum absolute atomic E-state index is 13.1. The van der Waals surface area contributed by atoms with E-state index in [1.165, 1.54) is 6.07 Å². The van der Waals surface area contributed by atoms with E-state index in [1.807, 2.05) is 0 Å². The molecule has 0 saturated heterocycles. The maximum Gasteiger partial charge on any atom is 0.342 e. The number of carbonyl (C=O) groups excluding carboxylic acids is 2. The molecule has 0 aliphatic carbocycles. The topological polar surface area (TPSA) is 95.9 Å². The number of esters is 1. The standard InChI is InChI=1S/C19H13F2NO5/c20-14-6-5-10(7-15(14)21)22-17(24)9-27-19(26)13-8-16(23)11-3-1-2-4-12(11)18(13)25/h1-8,23,25H,9H2,(H,22,24). The third kappa shape index (κ3) is 3.79. The molecule has 27 heavy (non-hydrogen) atoms. The van der Waals surface area contributed by atoms with Crippen LogP contribution in [0.5, 0.6) is 11.5 Å². The highest BCUT2D eigenvalue weighted by Gasteiger charge is 2.19. The number of carbonyl (C=O) groups is 2. The number of anilines is 1. The number of hydrogen-bond acceptors (Lipinski definition) is 5. The monoisotopic (exact) mass is 373 g/mol. The molecule has 0 aliphatic rings. The lowest BCUT2D eigenvalue weighted by atomic mass is 10.0. The SMILES string of the molecule is O=C(COC(=O)c1cc(O)c2ccccc2c1O)Nc1ccc(F)c(F)c1. The minimum atomic E-state index is -1.14. The van der Waals surface area contributed by atoms with Crippen LogP contribution in [0.2, 0.25) is 0 Å². The van der Waals surface area contributed by atoms with E-state index >= 15 is 0 Å². The average molecular weight is 373 g/mol. The van der Waals surface area contributed by atoms with Crippen LogP contribution in [-0.2, 0) is 9.53 Å². The van der Waals surface area contributed by atoms with Gasteiger partial charge in [0.05, 0.1) is 0 Å². The van der Waals surface area contributed by atoms with Gasteiger partial charge in [0.1, 0.15) is 17.1 Å². The van der Waals surface area contributed by atoms with Gasteiger partial charge in [0.15, 0.2) is 18.2 Å². The molecule has 1 amide bonds. The van der Waals surface area contributed by atoms with Crippen LogP contribution in [0.25, 0.3) is 10.8 Å². The van der Waals surface area contributed by atoms with Crippen molar-refractivity contribution >= 4 is 28.3 Å². The molecule has 0 fully saturated rings. The fraction of sp³-hybridized carbons (Fsp3) is 0.0526. The van der Waals surface area contributed by atoms with Crippen LogP contribution >= 0.6 is 0 Å². The van der Waals surface area contributed by atoms with Crippen molar-refractivity contribution in [3.8, 4) is 11.5 Å². The van der Waals surface area contributed by atoms with Gasteiger partial charge in [-0.25, -0.2) is 13.6 Å².